The number of fused-ring (bicyclic) bond motifs is 1. The number of ether oxygens (including phenoxy) is 1. The summed E-state index contributed by atoms with van der Waals surface area (Å²) in [6, 6.07) is 10.3. The highest BCUT2D eigenvalue weighted by atomic mass is 16.6. The molecular formula is C23H28N6O4. The van der Waals surface area contributed by atoms with Gasteiger partial charge in [-0.25, -0.2) is 15.0 Å². The molecule has 1 saturated heterocycles. The molecule has 10 heteroatoms. The third-order valence-electron chi connectivity index (χ3n) is 5.53. The molecule has 3 aromatic rings. The fourth-order valence-corrected chi connectivity index (χ4v) is 3.85. The van der Waals surface area contributed by atoms with Crippen molar-refractivity contribution in [2.45, 2.75) is 50.7 Å². The SMILES string of the molecule is CCNC(=O)C1OC(n2cnc3c(N)nc(/C=C\CCCc4ccccc4)nc32)C(O)C1O. The van der Waals surface area contributed by atoms with Crippen molar-refractivity contribution >= 4 is 29.0 Å². The summed E-state index contributed by atoms with van der Waals surface area (Å²) in [5, 5.41) is 23.4. The molecule has 4 rings (SSSR count). The number of nitrogens with zero attached hydrogens (tertiary/aromatic N) is 4. The minimum Gasteiger partial charge on any atom is -0.387 e. The van der Waals surface area contributed by atoms with Crippen molar-refractivity contribution in [2.24, 2.45) is 0 Å². The number of carbonyl (C=O) groups excluding carboxylic acids is 1. The highest BCUT2D eigenvalue weighted by molar-refractivity contribution is 5.83. The second-order valence-corrected chi connectivity index (χ2v) is 7.89. The normalized spacial score (nSPS) is 22.9. The minimum absolute atomic E-state index is 0.191. The third kappa shape index (κ3) is 4.87. The number of unbranched alkanes of at least 4 members (excludes halogenated alkanes) is 1. The summed E-state index contributed by atoms with van der Waals surface area (Å²) in [7, 11) is 0. The number of benzene rings is 1. The van der Waals surface area contributed by atoms with Gasteiger partial charge in [0.2, 0.25) is 0 Å². The smallest absolute Gasteiger partial charge is 0.252 e. The number of amides is 1. The number of nitrogens with two attached hydrogens (primary N) is 1. The Morgan fingerprint density at radius 3 is 2.79 bits per heavy atom. The molecule has 33 heavy (non-hydrogen) atoms. The van der Waals surface area contributed by atoms with Crippen LogP contribution in [0.15, 0.2) is 42.7 Å². The molecule has 1 fully saturated rings. The first-order valence-electron chi connectivity index (χ1n) is 11.0. The molecule has 0 radical (unpaired) electrons. The Bertz CT molecular complexity index is 1130. The summed E-state index contributed by atoms with van der Waals surface area (Å²) in [6.45, 7) is 2.14. The van der Waals surface area contributed by atoms with Gasteiger partial charge in [-0.2, -0.15) is 0 Å². The van der Waals surface area contributed by atoms with Crippen LogP contribution in [-0.4, -0.2) is 60.5 Å². The van der Waals surface area contributed by atoms with Crippen LogP contribution in [0.3, 0.4) is 0 Å². The van der Waals surface area contributed by atoms with Crippen LogP contribution < -0.4 is 11.1 Å². The van der Waals surface area contributed by atoms with Gasteiger partial charge in [-0.15, -0.1) is 0 Å². The molecule has 3 heterocycles. The van der Waals surface area contributed by atoms with Crippen LogP contribution in [0.1, 0.15) is 37.4 Å². The van der Waals surface area contributed by atoms with E-state index >= 15 is 0 Å². The van der Waals surface area contributed by atoms with Gasteiger partial charge in [0.05, 0.1) is 6.33 Å². The van der Waals surface area contributed by atoms with Gasteiger partial charge in [0, 0.05) is 6.54 Å². The molecule has 10 nitrogen and oxygen atoms in total. The van der Waals surface area contributed by atoms with Crippen molar-refractivity contribution in [2.75, 3.05) is 12.3 Å². The molecule has 1 aromatic carbocycles. The van der Waals surface area contributed by atoms with E-state index in [1.165, 1.54) is 16.5 Å². The largest absolute Gasteiger partial charge is 0.387 e. The quantitative estimate of drug-likeness (QED) is 0.373. The zero-order valence-corrected chi connectivity index (χ0v) is 18.3. The van der Waals surface area contributed by atoms with E-state index in [1.54, 1.807) is 13.0 Å². The number of anilines is 1. The molecule has 0 saturated carbocycles. The molecule has 1 aliphatic rings. The lowest BCUT2D eigenvalue weighted by Crippen LogP contribution is -2.42. The van der Waals surface area contributed by atoms with Crippen LogP contribution in [-0.2, 0) is 16.0 Å². The van der Waals surface area contributed by atoms with Gasteiger partial charge in [-0.3, -0.25) is 9.36 Å². The maximum atomic E-state index is 12.2. The van der Waals surface area contributed by atoms with Gasteiger partial charge in [-0.1, -0.05) is 36.4 Å². The summed E-state index contributed by atoms with van der Waals surface area (Å²) in [5.41, 5.74) is 8.06. The van der Waals surface area contributed by atoms with Crippen molar-refractivity contribution in [3.8, 4) is 0 Å². The molecule has 0 aliphatic carbocycles. The van der Waals surface area contributed by atoms with Crippen LogP contribution in [0, 0.1) is 0 Å². The number of hydrogen-bond acceptors (Lipinski definition) is 8. The van der Waals surface area contributed by atoms with Gasteiger partial charge in [-0.05, 0) is 37.8 Å². The number of allylic oxidation sites excluding steroid dienone is 1. The van der Waals surface area contributed by atoms with Crippen molar-refractivity contribution in [1.82, 2.24) is 24.8 Å². The monoisotopic (exact) mass is 452 g/mol. The molecule has 1 aliphatic heterocycles. The summed E-state index contributed by atoms with van der Waals surface area (Å²) >= 11 is 0. The predicted molar refractivity (Wildman–Crippen MR) is 123 cm³/mol. The molecule has 2 aromatic heterocycles. The fourth-order valence-electron chi connectivity index (χ4n) is 3.85. The third-order valence-corrected chi connectivity index (χ3v) is 5.53. The maximum Gasteiger partial charge on any atom is 0.252 e. The van der Waals surface area contributed by atoms with E-state index in [0.717, 1.165) is 19.3 Å². The van der Waals surface area contributed by atoms with Crippen LogP contribution in [0.5, 0.6) is 0 Å². The predicted octanol–water partition coefficient (Wildman–Crippen LogP) is 1.20. The Morgan fingerprint density at radius 2 is 2.03 bits per heavy atom. The first-order chi connectivity index (χ1) is 16.0. The number of hydrogen-bond donors (Lipinski definition) is 4. The molecule has 4 atom stereocenters. The fraction of sp³-hybridized carbons (Fsp3) is 0.391. The van der Waals surface area contributed by atoms with Gasteiger partial charge >= 0.3 is 0 Å². The zero-order valence-electron chi connectivity index (χ0n) is 18.3. The van der Waals surface area contributed by atoms with E-state index in [9.17, 15) is 15.0 Å². The molecular weight excluding hydrogens is 424 g/mol. The Kier molecular flexibility index (Phi) is 6.97. The van der Waals surface area contributed by atoms with Crippen molar-refractivity contribution in [3.05, 3.63) is 54.1 Å². The van der Waals surface area contributed by atoms with Gasteiger partial charge in [0.1, 0.15) is 17.7 Å². The van der Waals surface area contributed by atoms with Gasteiger partial charge in [0.25, 0.3) is 5.91 Å². The highest BCUT2D eigenvalue weighted by Crippen LogP contribution is 2.32. The molecule has 0 bridgehead atoms. The topological polar surface area (TPSA) is 148 Å². The van der Waals surface area contributed by atoms with Crippen LogP contribution >= 0.6 is 0 Å². The number of nitrogen functional groups attached to an aromatic ring is 1. The minimum atomic E-state index is -1.39. The molecule has 4 unspecified atom stereocenters. The number of aryl methyl sites for hydroxylation is 1. The standard InChI is InChI=1S/C23H28N6O4/c1-2-25-22(32)19-17(30)18(31)23(33-19)29-13-26-16-20(24)27-15(28-21(16)29)12-8-4-7-11-14-9-5-3-6-10-14/h3,5-6,8-10,12-13,17-19,23,30-31H,2,4,7,11H2,1H3,(H,25,32)(H2,24,27,28)/b12-8-. The first-order valence-corrected chi connectivity index (χ1v) is 11.0. The summed E-state index contributed by atoms with van der Waals surface area (Å²) in [6.07, 6.45) is 3.01. The summed E-state index contributed by atoms with van der Waals surface area (Å²) in [5.74, 6) is 0.0926. The van der Waals surface area contributed by atoms with E-state index < -0.39 is 30.4 Å². The van der Waals surface area contributed by atoms with Crippen LogP contribution in [0.4, 0.5) is 5.82 Å². The van der Waals surface area contributed by atoms with E-state index in [4.69, 9.17) is 10.5 Å². The number of carbonyl (C=O) groups is 1. The number of nitrogens with one attached hydrogen (secondary N) is 1. The number of rotatable bonds is 8. The van der Waals surface area contributed by atoms with Crippen molar-refractivity contribution in [1.29, 1.82) is 0 Å². The first kappa shape index (κ1) is 22.8. The van der Waals surface area contributed by atoms with Gasteiger partial charge in [0.15, 0.2) is 29.6 Å². The van der Waals surface area contributed by atoms with Crippen LogP contribution in [0.25, 0.3) is 17.2 Å². The van der Waals surface area contributed by atoms with Crippen molar-refractivity contribution < 1.29 is 19.7 Å². The van der Waals surface area contributed by atoms with Crippen molar-refractivity contribution in [3.63, 3.8) is 0 Å². The highest BCUT2D eigenvalue weighted by Gasteiger charge is 2.47. The number of imidazole rings is 1. The number of likely N-dealkylation sites (N-methyl/N-ethyl adjacent to an activating group) is 1. The Morgan fingerprint density at radius 1 is 1.24 bits per heavy atom. The molecule has 174 valence electrons. The Labute approximate surface area is 191 Å². The lowest BCUT2D eigenvalue weighted by molar-refractivity contribution is -0.137. The summed E-state index contributed by atoms with van der Waals surface area (Å²) < 4.78 is 7.14. The average molecular weight is 453 g/mol. The lowest BCUT2D eigenvalue weighted by atomic mass is 10.1. The Balaban J connectivity index is 1.50. The average Bonchev–Trinajstić information content (AvgIpc) is 3.36. The maximum absolute atomic E-state index is 12.2. The van der Waals surface area contributed by atoms with Crippen LogP contribution in [0.2, 0.25) is 0 Å². The van der Waals surface area contributed by atoms with E-state index in [1.807, 2.05) is 24.3 Å². The Hall–Kier alpha value is -3.34. The number of aromatic nitrogens is 4. The van der Waals surface area contributed by atoms with E-state index in [-0.39, 0.29) is 5.82 Å². The molecule has 5 N–H and O–H groups in total. The second kappa shape index (κ2) is 10.1. The zero-order chi connectivity index (χ0) is 23.4. The second-order valence-electron chi connectivity index (χ2n) is 7.89. The van der Waals surface area contributed by atoms with E-state index in [2.05, 4.69) is 32.4 Å². The summed E-state index contributed by atoms with van der Waals surface area (Å²) in [4.78, 5) is 25.2. The van der Waals surface area contributed by atoms with E-state index in [0.29, 0.717) is 23.5 Å². The number of aliphatic hydroxyl groups is 2. The lowest BCUT2D eigenvalue weighted by Gasteiger charge is -2.16. The van der Waals surface area contributed by atoms with Gasteiger partial charge < -0.3 is 26.0 Å². The molecule has 0 spiro atoms. The molecule has 1 amide bonds. The number of aliphatic hydroxyl groups excluding tert-OH is 2.